The summed E-state index contributed by atoms with van der Waals surface area (Å²) >= 11 is 0. The molecule has 3 aromatic rings. The molecule has 1 amide bonds. The molecule has 1 fully saturated rings. The van der Waals surface area contributed by atoms with E-state index in [1.807, 2.05) is 60.7 Å². The van der Waals surface area contributed by atoms with Gasteiger partial charge in [-0.25, -0.2) is 5.43 Å². The Balaban J connectivity index is 1.56. The van der Waals surface area contributed by atoms with E-state index in [9.17, 15) is 14.9 Å². The molecule has 4 rings (SSSR count). The minimum Gasteiger partial charge on any atom is -0.490 e. The fourth-order valence-corrected chi connectivity index (χ4v) is 4.19. The van der Waals surface area contributed by atoms with Crippen molar-refractivity contribution in [2.45, 2.75) is 18.8 Å². The summed E-state index contributed by atoms with van der Waals surface area (Å²) in [5.41, 5.74) is 5.32. The maximum absolute atomic E-state index is 13.0. The average Bonchev–Trinajstić information content (AvgIpc) is 3.60. The Bertz CT molecular complexity index is 1140. The Labute approximate surface area is 185 Å². The third-order valence-electron chi connectivity index (χ3n) is 5.98. The monoisotopic (exact) mass is 429 g/mol. The molecule has 0 spiro atoms. The molecule has 1 N–H and O–H groups in total. The molecule has 0 saturated heterocycles. The number of carbonyl (C=O) groups is 1. The summed E-state index contributed by atoms with van der Waals surface area (Å²) in [4.78, 5) is 23.8. The lowest BCUT2D eigenvalue weighted by Crippen LogP contribution is -2.26. The summed E-state index contributed by atoms with van der Waals surface area (Å²) in [6, 6.07) is 24.6. The van der Waals surface area contributed by atoms with Crippen LogP contribution in [0.5, 0.6) is 5.75 Å². The van der Waals surface area contributed by atoms with Crippen LogP contribution in [0.1, 0.15) is 30.0 Å². The quantitative estimate of drug-likeness (QED) is 0.341. The van der Waals surface area contributed by atoms with Crippen LogP contribution in [-0.4, -0.2) is 23.7 Å². The predicted molar refractivity (Wildman–Crippen MR) is 122 cm³/mol. The standard InChI is InChI=1S/C25H23N3O4/c1-17(18-13-14-23(32-2)22(15-18)28(30)31)26-27-24(29)21-16-25(21,19-9-5-3-6-10-19)20-11-7-4-8-12-20/h3-15,21H,16H2,1-2H3,(H,27,29)/b26-17+. The third kappa shape index (κ3) is 3.85. The first-order chi connectivity index (χ1) is 15.5. The number of benzene rings is 3. The van der Waals surface area contributed by atoms with Gasteiger partial charge >= 0.3 is 5.69 Å². The fourth-order valence-electron chi connectivity index (χ4n) is 4.19. The topological polar surface area (TPSA) is 93.8 Å². The molecule has 32 heavy (non-hydrogen) atoms. The van der Waals surface area contributed by atoms with Gasteiger partial charge in [0.05, 0.1) is 23.7 Å². The molecular formula is C25H23N3O4. The number of hydrazone groups is 1. The van der Waals surface area contributed by atoms with E-state index in [-0.39, 0.29) is 28.7 Å². The number of rotatable bonds is 7. The molecule has 1 saturated carbocycles. The van der Waals surface area contributed by atoms with Gasteiger partial charge in [0.15, 0.2) is 5.75 Å². The zero-order valence-corrected chi connectivity index (χ0v) is 17.8. The van der Waals surface area contributed by atoms with Crippen molar-refractivity contribution in [1.29, 1.82) is 0 Å². The second-order valence-corrected chi connectivity index (χ2v) is 7.78. The largest absolute Gasteiger partial charge is 0.490 e. The maximum Gasteiger partial charge on any atom is 0.311 e. The van der Waals surface area contributed by atoms with E-state index >= 15 is 0 Å². The molecule has 0 aromatic heterocycles. The van der Waals surface area contributed by atoms with Gasteiger partial charge in [0.25, 0.3) is 0 Å². The van der Waals surface area contributed by atoms with Crippen LogP contribution in [0.15, 0.2) is 84.0 Å². The van der Waals surface area contributed by atoms with Gasteiger partial charge < -0.3 is 4.74 Å². The van der Waals surface area contributed by atoms with Crippen LogP contribution in [0.2, 0.25) is 0 Å². The van der Waals surface area contributed by atoms with Crippen LogP contribution < -0.4 is 10.2 Å². The van der Waals surface area contributed by atoms with Crippen LogP contribution >= 0.6 is 0 Å². The first-order valence-electron chi connectivity index (χ1n) is 10.3. The summed E-state index contributed by atoms with van der Waals surface area (Å²) in [7, 11) is 1.38. The SMILES string of the molecule is COc1ccc(/C(C)=N/NC(=O)C2CC2(c2ccccc2)c2ccccc2)cc1[N+](=O)[O-]. The van der Waals surface area contributed by atoms with Gasteiger partial charge in [0.2, 0.25) is 5.91 Å². The Morgan fingerprint density at radius 1 is 1.06 bits per heavy atom. The Morgan fingerprint density at radius 2 is 1.66 bits per heavy atom. The molecule has 7 nitrogen and oxygen atoms in total. The average molecular weight is 429 g/mol. The molecule has 1 aliphatic carbocycles. The molecule has 7 heteroatoms. The van der Waals surface area contributed by atoms with Gasteiger partial charge in [-0.3, -0.25) is 14.9 Å². The normalized spacial score (nSPS) is 16.8. The fraction of sp³-hybridized carbons (Fsp3) is 0.200. The highest BCUT2D eigenvalue weighted by Gasteiger charge is 2.60. The Hall–Kier alpha value is -4.00. The van der Waals surface area contributed by atoms with Crippen LogP contribution in [-0.2, 0) is 10.2 Å². The molecule has 1 aliphatic rings. The first-order valence-corrected chi connectivity index (χ1v) is 10.3. The Kier molecular flexibility index (Phi) is 5.73. The smallest absolute Gasteiger partial charge is 0.311 e. The van der Waals surface area contributed by atoms with Crippen molar-refractivity contribution in [3.8, 4) is 5.75 Å². The summed E-state index contributed by atoms with van der Waals surface area (Å²) in [5, 5.41) is 15.5. The minimum absolute atomic E-state index is 0.153. The van der Waals surface area contributed by atoms with Crippen LogP contribution in [0, 0.1) is 16.0 Å². The number of nitrogens with zero attached hydrogens (tertiary/aromatic N) is 2. The van der Waals surface area contributed by atoms with E-state index in [0.29, 0.717) is 17.7 Å². The van der Waals surface area contributed by atoms with Crippen molar-refractivity contribution in [3.63, 3.8) is 0 Å². The number of hydrogen-bond donors (Lipinski definition) is 1. The summed E-state index contributed by atoms with van der Waals surface area (Å²) in [6.45, 7) is 1.69. The van der Waals surface area contributed by atoms with Crippen LogP contribution in [0.3, 0.4) is 0 Å². The second-order valence-electron chi connectivity index (χ2n) is 7.78. The van der Waals surface area contributed by atoms with Gasteiger partial charge in [0.1, 0.15) is 0 Å². The maximum atomic E-state index is 13.0. The van der Waals surface area contributed by atoms with E-state index in [1.54, 1.807) is 13.0 Å². The van der Waals surface area contributed by atoms with Crippen molar-refractivity contribution in [3.05, 3.63) is 106 Å². The first kappa shape index (κ1) is 21.2. The van der Waals surface area contributed by atoms with Gasteiger partial charge in [-0.1, -0.05) is 60.7 Å². The number of nitro groups is 1. The number of nitrogens with one attached hydrogen (secondary N) is 1. The zero-order valence-electron chi connectivity index (χ0n) is 17.8. The second kappa shape index (κ2) is 8.63. The van der Waals surface area contributed by atoms with E-state index in [1.165, 1.54) is 19.2 Å². The number of methoxy groups -OCH3 is 1. The van der Waals surface area contributed by atoms with Crippen molar-refractivity contribution in [2.75, 3.05) is 7.11 Å². The number of carbonyl (C=O) groups excluding carboxylic acids is 1. The predicted octanol–water partition coefficient (Wildman–Crippen LogP) is 4.45. The van der Waals surface area contributed by atoms with Crippen molar-refractivity contribution >= 4 is 17.3 Å². The number of hydrogen-bond acceptors (Lipinski definition) is 5. The van der Waals surface area contributed by atoms with E-state index in [2.05, 4.69) is 10.5 Å². The zero-order chi connectivity index (χ0) is 22.7. The molecule has 1 unspecified atom stereocenters. The Morgan fingerprint density at radius 3 is 2.19 bits per heavy atom. The molecule has 0 bridgehead atoms. The molecule has 0 heterocycles. The van der Waals surface area contributed by atoms with Crippen molar-refractivity contribution in [1.82, 2.24) is 5.43 Å². The van der Waals surface area contributed by atoms with Crippen LogP contribution in [0.25, 0.3) is 0 Å². The van der Waals surface area contributed by atoms with Gasteiger partial charge in [-0.2, -0.15) is 5.10 Å². The van der Waals surface area contributed by atoms with E-state index in [4.69, 9.17) is 4.74 Å². The van der Waals surface area contributed by atoms with E-state index < -0.39 is 4.92 Å². The van der Waals surface area contributed by atoms with Crippen molar-refractivity contribution in [2.24, 2.45) is 11.0 Å². The lowest BCUT2D eigenvalue weighted by molar-refractivity contribution is -0.385. The van der Waals surface area contributed by atoms with E-state index in [0.717, 1.165) is 11.1 Å². The number of ether oxygens (including phenoxy) is 1. The molecule has 162 valence electrons. The van der Waals surface area contributed by atoms with Gasteiger partial charge in [-0.15, -0.1) is 0 Å². The molecule has 0 radical (unpaired) electrons. The van der Waals surface area contributed by atoms with Gasteiger partial charge in [-0.05, 0) is 36.6 Å². The van der Waals surface area contributed by atoms with Gasteiger partial charge in [0, 0.05) is 17.0 Å². The van der Waals surface area contributed by atoms with Crippen molar-refractivity contribution < 1.29 is 14.5 Å². The summed E-state index contributed by atoms with van der Waals surface area (Å²) in [5.74, 6) is -0.266. The highest BCUT2D eigenvalue weighted by Crippen LogP contribution is 2.58. The highest BCUT2D eigenvalue weighted by molar-refractivity contribution is 6.00. The molecular weight excluding hydrogens is 406 g/mol. The summed E-state index contributed by atoms with van der Waals surface area (Å²) < 4.78 is 5.03. The molecule has 1 atom stereocenters. The number of nitro benzene ring substituents is 1. The minimum atomic E-state index is -0.507. The third-order valence-corrected chi connectivity index (χ3v) is 5.98. The lowest BCUT2D eigenvalue weighted by Gasteiger charge is -2.18. The number of amides is 1. The lowest BCUT2D eigenvalue weighted by atomic mass is 9.85. The highest BCUT2D eigenvalue weighted by atomic mass is 16.6. The molecule has 3 aromatic carbocycles. The summed E-state index contributed by atoms with van der Waals surface area (Å²) in [6.07, 6.45) is 0.690. The molecule has 0 aliphatic heterocycles. The van der Waals surface area contributed by atoms with Crippen LogP contribution in [0.4, 0.5) is 5.69 Å².